The maximum absolute atomic E-state index is 12.3. The number of nitrogens with one attached hydrogen (secondary N) is 2. The van der Waals surface area contributed by atoms with Crippen LogP contribution in [0.15, 0.2) is 70.6 Å². The van der Waals surface area contributed by atoms with Crippen LogP contribution in [0.3, 0.4) is 0 Å². The van der Waals surface area contributed by atoms with Gasteiger partial charge in [-0.1, -0.05) is 30.3 Å². The minimum atomic E-state index is -0.366. The van der Waals surface area contributed by atoms with Crippen molar-refractivity contribution in [2.24, 2.45) is 15.7 Å². The molecule has 0 saturated heterocycles. The molecule has 0 saturated carbocycles. The Morgan fingerprint density at radius 1 is 0.933 bits per heavy atom. The molecule has 0 spiro atoms. The maximum atomic E-state index is 12.3. The highest BCUT2D eigenvalue weighted by Crippen LogP contribution is 2.12. The number of aryl methyl sites for hydroxylation is 3. The Balaban J connectivity index is 1.90. The molecule has 0 aliphatic carbocycles. The zero-order valence-electron chi connectivity index (χ0n) is 17.0. The summed E-state index contributed by atoms with van der Waals surface area (Å²) >= 11 is 0. The molecule has 0 aliphatic rings. The lowest BCUT2D eigenvalue weighted by Crippen LogP contribution is -2.38. The van der Waals surface area contributed by atoms with Crippen LogP contribution in [0, 0.1) is 20.8 Å². The average Bonchev–Trinajstić information content (AvgIpc) is 2.67. The third-order valence-corrected chi connectivity index (χ3v) is 3.95. The van der Waals surface area contributed by atoms with E-state index < -0.39 is 0 Å². The van der Waals surface area contributed by atoms with Gasteiger partial charge >= 0.3 is 0 Å². The van der Waals surface area contributed by atoms with Crippen molar-refractivity contribution in [3.63, 3.8) is 0 Å². The summed E-state index contributed by atoms with van der Waals surface area (Å²) in [6.07, 6.45) is 0. The maximum Gasteiger partial charge on any atom is 0.257 e. The molecule has 3 aromatic rings. The average molecular weight is 401 g/mol. The van der Waals surface area contributed by atoms with Gasteiger partial charge in [-0.05, 0) is 56.7 Å². The van der Waals surface area contributed by atoms with Crippen LogP contribution in [0.5, 0.6) is 0 Å². The molecule has 4 N–H and O–H groups in total. The molecule has 3 rings (SSSR count). The van der Waals surface area contributed by atoms with Crippen molar-refractivity contribution >= 4 is 29.5 Å². The summed E-state index contributed by atoms with van der Waals surface area (Å²) in [6.45, 7) is 5.70. The zero-order valence-corrected chi connectivity index (χ0v) is 17.0. The van der Waals surface area contributed by atoms with E-state index in [2.05, 4.69) is 30.6 Å². The molecule has 0 fully saturated rings. The summed E-state index contributed by atoms with van der Waals surface area (Å²) in [6, 6.07) is 18.3. The molecule has 1 aromatic heterocycles. The van der Waals surface area contributed by atoms with Crippen molar-refractivity contribution in [1.82, 2.24) is 15.3 Å². The van der Waals surface area contributed by atoms with Gasteiger partial charge in [0.25, 0.3) is 11.9 Å². The highest BCUT2D eigenvalue weighted by Gasteiger charge is 2.09. The number of amides is 1. The Morgan fingerprint density at radius 2 is 1.63 bits per heavy atom. The van der Waals surface area contributed by atoms with Gasteiger partial charge in [0.2, 0.25) is 11.9 Å². The number of aliphatic imine (C=N–C) groups is 2. The van der Waals surface area contributed by atoms with Crippen molar-refractivity contribution in [3.8, 4) is 0 Å². The molecule has 1 amide bonds. The van der Waals surface area contributed by atoms with E-state index >= 15 is 0 Å². The van der Waals surface area contributed by atoms with Gasteiger partial charge < -0.3 is 11.1 Å². The molecule has 30 heavy (non-hydrogen) atoms. The second-order valence-corrected chi connectivity index (χ2v) is 6.70. The first kappa shape index (κ1) is 20.7. The summed E-state index contributed by atoms with van der Waals surface area (Å²) in [4.78, 5) is 29.6. The molecule has 1 heterocycles. The first-order valence-corrected chi connectivity index (χ1v) is 9.34. The molecule has 0 bridgehead atoms. The topological polar surface area (TPSA) is 118 Å². The lowest BCUT2D eigenvalue weighted by molar-refractivity contribution is 0.0976. The van der Waals surface area contributed by atoms with Gasteiger partial charge in [0.15, 0.2) is 0 Å². The molecule has 8 nitrogen and oxygen atoms in total. The number of carbonyl (C=O) groups is 1. The number of nitrogens with zero attached hydrogens (tertiary/aromatic N) is 4. The molecule has 2 aromatic carbocycles. The van der Waals surface area contributed by atoms with E-state index in [1.54, 1.807) is 24.3 Å². The van der Waals surface area contributed by atoms with Crippen LogP contribution >= 0.6 is 0 Å². The van der Waals surface area contributed by atoms with Gasteiger partial charge in [-0.15, -0.1) is 0 Å². The van der Waals surface area contributed by atoms with Crippen LogP contribution in [-0.2, 0) is 0 Å². The van der Waals surface area contributed by atoms with Gasteiger partial charge in [0.05, 0.1) is 0 Å². The van der Waals surface area contributed by atoms with Gasteiger partial charge in [0.1, 0.15) is 0 Å². The van der Waals surface area contributed by atoms with Crippen molar-refractivity contribution in [1.29, 1.82) is 0 Å². The Morgan fingerprint density at radius 3 is 2.30 bits per heavy atom. The van der Waals surface area contributed by atoms with Gasteiger partial charge in [0, 0.05) is 22.6 Å². The largest absolute Gasteiger partial charge is 0.369 e. The lowest BCUT2D eigenvalue weighted by Gasteiger charge is -2.09. The highest BCUT2D eigenvalue weighted by atomic mass is 16.1. The number of aromatic nitrogens is 2. The van der Waals surface area contributed by atoms with Crippen LogP contribution in [0.2, 0.25) is 0 Å². The molecule has 0 radical (unpaired) electrons. The number of anilines is 1. The predicted molar refractivity (Wildman–Crippen MR) is 119 cm³/mol. The Labute approximate surface area is 175 Å². The van der Waals surface area contributed by atoms with Crippen molar-refractivity contribution < 1.29 is 4.79 Å². The zero-order chi connectivity index (χ0) is 21.5. The lowest BCUT2D eigenvalue weighted by atomic mass is 10.2. The predicted octanol–water partition coefficient (Wildman–Crippen LogP) is 3.25. The third kappa shape index (κ3) is 5.96. The van der Waals surface area contributed by atoms with Crippen LogP contribution < -0.4 is 16.4 Å². The van der Waals surface area contributed by atoms with Gasteiger partial charge in [-0.2, -0.15) is 9.98 Å². The molecule has 152 valence electrons. The number of nitrogens with two attached hydrogens (primary N) is 1. The quantitative estimate of drug-likeness (QED) is 0.460. The molecular formula is C22H23N7O. The van der Waals surface area contributed by atoms with E-state index in [1.165, 1.54) is 0 Å². The molecule has 0 unspecified atom stereocenters. The first-order chi connectivity index (χ1) is 14.4. The second kappa shape index (κ2) is 9.42. The highest BCUT2D eigenvalue weighted by molar-refractivity contribution is 6.10. The summed E-state index contributed by atoms with van der Waals surface area (Å²) in [5.74, 6) is -0.0772. The summed E-state index contributed by atoms with van der Waals surface area (Å²) < 4.78 is 0. The smallest absolute Gasteiger partial charge is 0.257 e. The summed E-state index contributed by atoms with van der Waals surface area (Å²) in [5, 5.41) is 5.66. The van der Waals surface area contributed by atoms with Crippen LogP contribution in [-0.4, -0.2) is 27.8 Å². The third-order valence-electron chi connectivity index (χ3n) is 3.95. The van der Waals surface area contributed by atoms with E-state index in [9.17, 15) is 4.79 Å². The van der Waals surface area contributed by atoms with E-state index in [0.717, 1.165) is 22.6 Å². The monoisotopic (exact) mass is 401 g/mol. The number of benzene rings is 2. The fourth-order valence-corrected chi connectivity index (χ4v) is 2.70. The van der Waals surface area contributed by atoms with E-state index in [-0.39, 0.29) is 23.8 Å². The fraction of sp³-hybridized carbons (Fsp3) is 0.136. The number of guanidine groups is 2. The normalized spacial score (nSPS) is 11.8. The van der Waals surface area contributed by atoms with Gasteiger partial charge in [-0.3, -0.25) is 10.1 Å². The molecule has 0 aliphatic heterocycles. The Kier molecular flexibility index (Phi) is 6.49. The first-order valence-electron chi connectivity index (χ1n) is 9.34. The van der Waals surface area contributed by atoms with E-state index in [4.69, 9.17) is 5.73 Å². The van der Waals surface area contributed by atoms with Crippen molar-refractivity contribution in [2.75, 3.05) is 5.32 Å². The Bertz CT molecular complexity index is 1090. The van der Waals surface area contributed by atoms with Crippen LogP contribution in [0.4, 0.5) is 11.6 Å². The summed E-state index contributed by atoms with van der Waals surface area (Å²) in [7, 11) is 0. The Hall–Kier alpha value is -4.07. The van der Waals surface area contributed by atoms with Crippen LogP contribution in [0.25, 0.3) is 0 Å². The number of rotatable bonds is 3. The summed E-state index contributed by atoms with van der Waals surface area (Å²) in [5.41, 5.74) is 9.84. The second-order valence-electron chi connectivity index (χ2n) is 6.70. The SMILES string of the molecule is Cc1cccc(NC(=N/c2nc(C)cc(C)n2)/N=C(\N)NC(=O)c2ccccc2)c1. The van der Waals surface area contributed by atoms with Gasteiger partial charge in [-0.25, -0.2) is 9.97 Å². The van der Waals surface area contributed by atoms with E-state index in [1.807, 2.05) is 57.2 Å². The number of hydrogen-bond acceptors (Lipinski definition) is 4. The number of carbonyl (C=O) groups excluding carboxylic acids is 1. The fourth-order valence-electron chi connectivity index (χ4n) is 2.70. The molecule has 8 heteroatoms. The standard InChI is InChI=1S/C22H23N7O/c1-14-8-7-11-18(12-14)26-22(29-21-24-15(2)13-16(3)25-21)28-20(23)27-19(30)17-9-5-4-6-10-17/h4-13H,1-3H3,(H4,23,24,25,26,27,28,29,30). The van der Waals surface area contributed by atoms with Crippen LogP contribution in [0.1, 0.15) is 27.3 Å². The number of hydrogen-bond donors (Lipinski definition) is 3. The minimum absolute atomic E-state index is 0.105. The van der Waals surface area contributed by atoms with Crippen molar-refractivity contribution in [2.45, 2.75) is 20.8 Å². The van der Waals surface area contributed by atoms with E-state index in [0.29, 0.717) is 5.56 Å². The minimum Gasteiger partial charge on any atom is -0.369 e. The molecular weight excluding hydrogens is 378 g/mol. The van der Waals surface area contributed by atoms with Crippen molar-refractivity contribution in [3.05, 3.63) is 83.2 Å². The molecule has 0 atom stereocenters.